The molecule has 2 heterocycles. The van der Waals surface area contributed by atoms with Gasteiger partial charge in [-0.05, 0) is 36.4 Å². The minimum absolute atomic E-state index is 0.141. The molecule has 1 aromatic heterocycles. The Morgan fingerprint density at radius 2 is 1.57 bits per heavy atom. The minimum atomic E-state index is -0.447. The van der Waals surface area contributed by atoms with Gasteiger partial charge in [0, 0.05) is 5.69 Å². The highest BCUT2D eigenvalue weighted by atomic mass is 35.5. The molecule has 3 aromatic rings. The summed E-state index contributed by atoms with van der Waals surface area (Å²) >= 11 is 19.2. The summed E-state index contributed by atoms with van der Waals surface area (Å²) in [7, 11) is 0. The summed E-state index contributed by atoms with van der Waals surface area (Å²) in [5, 5.41) is 2.80. The third kappa shape index (κ3) is 3.18. The summed E-state index contributed by atoms with van der Waals surface area (Å²) in [4.78, 5) is 38.6. The molecule has 5 nitrogen and oxygen atoms in total. The van der Waals surface area contributed by atoms with Crippen molar-refractivity contribution >= 4 is 75.2 Å². The molecule has 0 spiro atoms. The first-order valence-corrected chi connectivity index (χ1v) is 9.85. The number of fused-ring (bicyclic) bond motifs is 1. The molecule has 9 heteroatoms. The number of carbonyl (C=O) groups excluding carboxylic acids is 3. The number of benzene rings is 2. The normalized spacial score (nSPS) is 13.0. The number of imide groups is 1. The molecule has 0 saturated heterocycles. The van der Waals surface area contributed by atoms with Gasteiger partial charge in [0.05, 0.1) is 31.7 Å². The maximum Gasteiger partial charge on any atom is 0.266 e. The van der Waals surface area contributed by atoms with Crippen LogP contribution in [0.15, 0.2) is 48.5 Å². The standard InChI is InChI=1S/C19H9Cl3N2O3S/c20-13-7-9(23-17(25)12-8-15(21)28-16(12)22)5-6-14(13)24-18(26)10-3-1-2-4-11(10)19(24)27/h1-8H,(H,23,25). The van der Waals surface area contributed by atoms with Crippen LogP contribution in [0.3, 0.4) is 0 Å². The van der Waals surface area contributed by atoms with Gasteiger partial charge in [0.25, 0.3) is 17.7 Å². The highest BCUT2D eigenvalue weighted by Crippen LogP contribution is 2.36. The predicted molar refractivity (Wildman–Crippen MR) is 111 cm³/mol. The summed E-state index contributed by atoms with van der Waals surface area (Å²) in [6.45, 7) is 0. The first-order valence-electron chi connectivity index (χ1n) is 7.90. The summed E-state index contributed by atoms with van der Waals surface area (Å²) in [5.41, 5.74) is 1.52. The zero-order chi connectivity index (χ0) is 20.0. The van der Waals surface area contributed by atoms with Crippen molar-refractivity contribution < 1.29 is 14.4 Å². The summed E-state index contributed by atoms with van der Waals surface area (Å²) in [5.74, 6) is -1.34. The number of rotatable bonds is 3. The summed E-state index contributed by atoms with van der Waals surface area (Å²) < 4.78 is 0.672. The fourth-order valence-electron chi connectivity index (χ4n) is 2.87. The Bertz CT molecular complexity index is 1120. The number of carbonyl (C=O) groups is 3. The largest absolute Gasteiger partial charge is 0.322 e. The Kier molecular flexibility index (Phi) is 4.89. The van der Waals surface area contributed by atoms with Crippen LogP contribution in [0.1, 0.15) is 31.1 Å². The van der Waals surface area contributed by atoms with Gasteiger partial charge in [-0.1, -0.05) is 46.9 Å². The van der Waals surface area contributed by atoms with Crippen molar-refractivity contribution in [3.8, 4) is 0 Å². The quantitative estimate of drug-likeness (QED) is 0.515. The third-order valence-corrected chi connectivity index (χ3v) is 5.93. The lowest BCUT2D eigenvalue weighted by Gasteiger charge is -2.16. The smallest absolute Gasteiger partial charge is 0.266 e. The van der Waals surface area contributed by atoms with E-state index >= 15 is 0 Å². The third-order valence-electron chi connectivity index (χ3n) is 4.14. The van der Waals surface area contributed by atoms with Crippen molar-refractivity contribution in [2.24, 2.45) is 0 Å². The number of thiophene rings is 1. The van der Waals surface area contributed by atoms with Crippen molar-refractivity contribution in [1.29, 1.82) is 0 Å². The zero-order valence-corrected chi connectivity index (χ0v) is 16.9. The van der Waals surface area contributed by atoms with Gasteiger partial charge in [-0.25, -0.2) is 4.90 Å². The van der Waals surface area contributed by atoms with Crippen LogP contribution in [0, 0.1) is 0 Å². The SMILES string of the molecule is O=C(Nc1ccc(N2C(=O)c3ccccc3C2=O)c(Cl)c1)c1cc(Cl)sc1Cl. The van der Waals surface area contributed by atoms with Gasteiger partial charge in [0.1, 0.15) is 4.34 Å². The van der Waals surface area contributed by atoms with Crippen LogP contribution in [0.4, 0.5) is 11.4 Å². The van der Waals surface area contributed by atoms with Gasteiger partial charge < -0.3 is 5.32 Å². The molecule has 0 radical (unpaired) electrons. The molecule has 28 heavy (non-hydrogen) atoms. The molecule has 0 fully saturated rings. The highest BCUT2D eigenvalue weighted by molar-refractivity contribution is 7.20. The summed E-state index contributed by atoms with van der Waals surface area (Å²) in [6.07, 6.45) is 0. The van der Waals surface area contributed by atoms with Crippen molar-refractivity contribution in [3.05, 3.63) is 78.9 Å². The molecule has 0 unspecified atom stereocenters. The Labute approximate surface area is 178 Å². The summed E-state index contributed by atoms with van der Waals surface area (Å²) in [6, 6.07) is 12.5. The molecule has 140 valence electrons. The minimum Gasteiger partial charge on any atom is -0.322 e. The lowest BCUT2D eigenvalue weighted by Crippen LogP contribution is -2.29. The molecule has 0 bridgehead atoms. The van der Waals surface area contributed by atoms with E-state index in [4.69, 9.17) is 34.8 Å². The van der Waals surface area contributed by atoms with E-state index in [1.807, 2.05) is 0 Å². The first-order chi connectivity index (χ1) is 13.4. The van der Waals surface area contributed by atoms with Crippen molar-refractivity contribution in [2.75, 3.05) is 10.2 Å². The monoisotopic (exact) mass is 450 g/mol. The second kappa shape index (κ2) is 7.22. The molecule has 0 atom stereocenters. The molecular weight excluding hydrogens is 443 g/mol. The van der Waals surface area contributed by atoms with Crippen molar-refractivity contribution in [2.45, 2.75) is 0 Å². The average molecular weight is 452 g/mol. The molecular formula is C19H9Cl3N2O3S. The molecule has 0 saturated carbocycles. The van der Waals surface area contributed by atoms with E-state index in [0.29, 0.717) is 21.2 Å². The van der Waals surface area contributed by atoms with Gasteiger partial charge in [-0.15, -0.1) is 11.3 Å². The van der Waals surface area contributed by atoms with E-state index < -0.39 is 17.7 Å². The molecule has 4 rings (SSSR count). The Balaban J connectivity index is 1.61. The Hall–Kier alpha value is -2.38. The van der Waals surface area contributed by atoms with Gasteiger partial charge >= 0.3 is 0 Å². The lowest BCUT2D eigenvalue weighted by molar-refractivity contribution is 0.0924. The zero-order valence-electron chi connectivity index (χ0n) is 13.8. The molecule has 1 aliphatic rings. The van der Waals surface area contributed by atoms with Crippen LogP contribution in [0.25, 0.3) is 0 Å². The number of amides is 3. The molecule has 3 amide bonds. The van der Waals surface area contributed by atoms with E-state index in [2.05, 4.69) is 5.32 Å². The maximum absolute atomic E-state index is 12.6. The van der Waals surface area contributed by atoms with E-state index in [1.54, 1.807) is 30.3 Å². The number of halogens is 3. The topological polar surface area (TPSA) is 66.5 Å². The fraction of sp³-hybridized carbons (Fsp3) is 0. The molecule has 1 aliphatic heterocycles. The number of nitrogens with zero attached hydrogens (tertiary/aromatic N) is 1. The second-order valence-corrected chi connectivity index (χ2v) is 8.54. The van der Waals surface area contributed by atoms with Gasteiger partial charge in [0.15, 0.2) is 0 Å². The number of hydrogen-bond acceptors (Lipinski definition) is 4. The number of nitrogens with one attached hydrogen (secondary N) is 1. The van der Waals surface area contributed by atoms with E-state index in [9.17, 15) is 14.4 Å². The first kappa shape index (κ1) is 19.0. The van der Waals surface area contributed by atoms with Crippen LogP contribution in [-0.4, -0.2) is 17.7 Å². The van der Waals surface area contributed by atoms with E-state index in [1.165, 1.54) is 18.2 Å². The van der Waals surface area contributed by atoms with Crippen LogP contribution in [0.2, 0.25) is 13.7 Å². The predicted octanol–water partition coefficient (Wildman–Crippen LogP) is 5.76. The average Bonchev–Trinajstić information content (AvgIpc) is 3.13. The van der Waals surface area contributed by atoms with Crippen LogP contribution < -0.4 is 10.2 Å². The number of hydrogen-bond donors (Lipinski definition) is 1. The van der Waals surface area contributed by atoms with E-state index in [-0.39, 0.29) is 20.6 Å². The van der Waals surface area contributed by atoms with Gasteiger partial charge in [-0.3, -0.25) is 14.4 Å². The molecule has 0 aliphatic carbocycles. The lowest BCUT2D eigenvalue weighted by atomic mass is 10.1. The Morgan fingerprint density at radius 3 is 2.11 bits per heavy atom. The molecule has 1 N–H and O–H groups in total. The van der Waals surface area contributed by atoms with Crippen LogP contribution >= 0.6 is 46.1 Å². The van der Waals surface area contributed by atoms with Crippen LogP contribution in [0.5, 0.6) is 0 Å². The highest BCUT2D eigenvalue weighted by Gasteiger charge is 2.37. The van der Waals surface area contributed by atoms with Gasteiger partial charge in [-0.2, -0.15) is 0 Å². The number of anilines is 2. The van der Waals surface area contributed by atoms with Crippen molar-refractivity contribution in [3.63, 3.8) is 0 Å². The molecule has 2 aromatic carbocycles. The van der Waals surface area contributed by atoms with E-state index in [0.717, 1.165) is 16.2 Å². The fourth-order valence-corrected chi connectivity index (χ4v) is 4.59. The Morgan fingerprint density at radius 1 is 0.929 bits per heavy atom. The van der Waals surface area contributed by atoms with Crippen LogP contribution in [-0.2, 0) is 0 Å². The second-order valence-electron chi connectivity index (χ2n) is 5.85. The maximum atomic E-state index is 12.6. The van der Waals surface area contributed by atoms with Crippen molar-refractivity contribution in [1.82, 2.24) is 0 Å². The van der Waals surface area contributed by atoms with Gasteiger partial charge in [0.2, 0.25) is 0 Å².